The van der Waals surface area contributed by atoms with Gasteiger partial charge in [0.15, 0.2) is 21.5 Å². The number of aliphatic hydroxyl groups excluding tert-OH is 1. The molecule has 3 N–H and O–H groups in total. The molecule has 3 aromatic rings. The lowest BCUT2D eigenvalue weighted by molar-refractivity contribution is -0.149. The van der Waals surface area contributed by atoms with Crippen molar-refractivity contribution < 1.29 is 32.2 Å². The zero-order chi connectivity index (χ0) is 29.0. The third-order valence-electron chi connectivity index (χ3n) is 8.43. The van der Waals surface area contributed by atoms with Crippen molar-refractivity contribution >= 4 is 33.0 Å². The van der Waals surface area contributed by atoms with Gasteiger partial charge >= 0.3 is 0 Å². The summed E-state index contributed by atoms with van der Waals surface area (Å²) >= 11 is 6.32. The van der Waals surface area contributed by atoms with Gasteiger partial charge in [0.2, 0.25) is 0 Å². The maximum atomic E-state index is 13.9. The summed E-state index contributed by atoms with van der Waals surface area (Å²) in [5.74, 6) is -3.98. The van der Waals surface area contributed by atoms with Crippen LogP contribution < -0.4 is 5.32 Å². The van der Waals surface area contributed by atoms with Crippen LogP contribution in [0.1, 0.15) is 53.9 Å². The van der Waals surface area contributed by atoms with E-state index in [0.29, 0.717) is 12.1 Å². The Morgan fingerprint density at radius 1 is 1.10 bits per heavy atom. The topological polar surface area (TPSA) is 117 Å². The molecule has 2 aromatic carbocycles. The number of hydrogen-bond donors (Lipinski definition) is 3. The molecule has 11 heteroatoms. The highest BCUT2D eigenvalue weighted by Gasteiger charge is 2.62. The van der Waals surface area contributed by atoms with Gasteiger partial charge in [0.05, 0.1) is 20.9 Å². The summed E-state index contributed by atoms with van der Waals surface area (Å²) in [6, 6.07) is 10.2. The van der Waals surface area contributed by atoms with Crippen LogP contribution in [0.2, 0.25) is 5.02 Å². The summed E-state index contributed by atoms with van der Waals surface area (Å²) < 4.78 is 54.6. The lowest BCUT2D eigenvalue weighted by atomic mass is 9.69. The summed E-state index contributed by atoms with van der Waals surface area (Å²) in [5, 5.41) is 24.6. The maximum absolute atomic E-state index is 13.9. The van der Waals surface area contributed by atoms with Crippen LogP contribution in [0.4, 0.5) is 14.5 Å². The Kier molecular flexibility index (Phi) is 7.50. The fourth-order valence-electron chi connectivity index (χ4n) is 6.41. The number of aliphatic hydroxyl groups is 2. The second-order valence-corrected chi connectivity index (χ2v) is 13.5. The van der Waals surface area contributed by atoms with Crippen LogP contribution in [0.15, 0.2) is 59.6 Å². The van der Waals surface area contributed by atoms with Crippen molar-refractivity contribution in [3.05, 3.63) is 88.2 Å². The average molecular weight is 591 g/mol. The SMILES string of the molecule is Cc1ccnc([C@H](O)[C@@]2(O)C3CC(S(=O)(=O)c4cc(C(=O)Nc5ccc(F)c(F)c5)ccc4Cl)CC2[C@@H](C)C3)c1. The van der Waals surface area contributed by atoms with Crippen LogP contribution in [0.3, 0.4) is 0 Å². The zero-order valence-corrected chi connectivity index (χ0v) is 23.4. The number of rotatable bonds is 6. The van der Waals surface area contributed by atoms with Crippen LogP contribution in [-0.2, 0) is 9.84 Å². The van der Waals surface area contributed by atoms with Crippen molar-refractivity contribution in [1.29, 1.82) is 0 Å². The van der Waals surface area contributed by atoms with Gasteiger partial charge in [0.25, 0.3) is 5.91 Å². The second-order valence-electron chi connectivity index (χ2n) is 10.9. The molecule has 1 heterocycles. The van der Waals surface area contributed by atoms with Crippen LogP contribution >= 0.6 is 11.6 Å². The minimum Gasteiger partial charge on any atom is -0.386 e. The highest BCUT2D eigenvalue weighted by atomic mass is 35.5. The second kappa shape index (κ2) is 10.5. The average Bonchev–Trinajstić information content (AvgIpc) is 3.02. The van der Waals surface area contributed by atoms with Crippen LogP contribution in [0.5, 0.6) is 0 Å². The fraction of sp³-hybridized carbons (Fsp3) is 0.379. The Morgan fingerprint density at radius 3 is 2.52 bits per heavy atom. The summed E-state index contributed by atoms with van der Waals surface area (Å²) in [6.07, 6.45) is 1.03. The number of amides is 1. The molecule has 5 rings (SSSR count). The predicted octanol–water partition coefficient (Wildman–Crippen LogP) is 5.25. The number of nitrogens with zero attached hydrogens (tertiary/aromatic N) is 1. The summed E-state index contributed by atoms with van der Waals surface area (Å²) in [4.78, 5) is 16.8. The predicted molar refractivity (Wildman–Crippen MR) is 146 cm³/mol. The monoisotopic (exact) mass is 590 g/mol. The molecule has 2 saturated carbocycles. The van der Waals surface area contributed by atoms with E-state index in [1.54, 1.807) is 18.3 Å². The van der Waals surface area contributed by atoms with Crippen LogP contribution in [-0.4, -0.2) is 40.4 Å². The maximum Gasteiger partial charge on any atom is 0.255 e. The molecule has 1 aromatic heterocycles. The lowest BCUT2D eigenvalue weighted by Gasteiger charge is -2.45. The first-order valence-electron chi connectivity index (χ1n) is 12.9. The van der Waals surface area contributed by atoms with E-state index in [4.69, 9.17) is 11.6 Å². The number of aryl methyl sites for hydroxylation is 1. The van der Waals surface area contributed by atoms with Gasteiger partial charge in [-0.2, -0.15) is 0 Å². The lowest BCUT2D eigenvalue weighted by Crippen LogP contribution is -2.52. The molecule has 2 bridgehead atoms. The Balaban J connectivity index is 1.41. The number of sulfone groups is 1. The van der Waals surface area contributed by atoms with Gasteiger partial charge in [-0.05, 0) is 92.0 Å². The van der Waals surface area contributed by atoms with Crippen molar-refractivity contribution in [2.45, 2.75) is 55.0 Å². The highest BCUT2D eigenvalue weighted by molar-refractivity contribution is 7.92. The first-order valence-corrected chi connectivity index (χ1v) is 14.9. The van der Waals surface area contributed by atoms with E-state index >= 15 is 0 Å². The van der Waals surface area contributed by atoms with E-state index in [-0.39, 0.29) is 39.9 Å². The number of anilines is 1. The number of aromatic nitrogens is 1. The van der Waals surface area contributed by atoms with E-state index < -0.39 is 56.2 Å². The van der Waals surface area contributed by atoms with Gasteiger partial charge in [0, 0.05) is 23.5 Å². The quantitative estimate of drug-likeness (QED) is 0.361. The smallest absolute Gasteiger partial charge is 0.255 e. The molecule has 0 aliphatic heterocycles. The van der Waals surface area contributed by atoms with Crippen molar-refractivity contribution in [3.8, 4) is 0 Å². The highest BCUT2D eigenvalue weighted by Crippen LogP contribution is 2.58. The third kappa shape index (κ3) is 4.91. The van der Waals surface area contributed by atoms with Gasteiger partial charge in [-0.25, -0.2) is 17.2 Å². The first kappa shape index (κ1) is 28.6. The molecule has 0 spiro atoms. The third-order valence-corrected chi connectivity index (χ3v) is 11.1. The minimum atomic E-state index is -4.06. The fourth-order valence-corrected chi connectivity index (χ4v) is 8.78. The summed E-state index contributed by atoms with van der Waals surface area (Å²) in [5.41, 5.74) is -0.343. The minimum absolute atomic E-state index is 0.00189. The Bertz CT molecular complexity index is 1590. The van der Waals surface area contributed by atoms with Crippen molar-refractivity contribution in [2.75, 3.05) is 5.32 Å². The van der Waals surface area contributed by atoms with Gasteiger partial charge in [-0.1, -0.05) is 18.5 Å². The van der Waals surface area contributed by atoms with Crippen LogP contribution in [0.25, 0.3) is 0 Å². The molecule has 2 aliphatic carbocycles. The number of halogens is 3. The van der Waals surface area contributed by atoms with E-state index in [9.17, 15) is 32.2 Å². The first-order chi connectivity index (χ1) is 18.8. The molecule has 6 atom stereocenters. The number of fused-ring (bicyclic) bond motifs is 2. The Labute approximate surface area is 236 Å². The van der Waals surface area contributed by atoms with Gasteiger partial charge in [0.1, 0.15) is 11.7 Å². The number of nitrogens with one attached hydrogen (secondary N) is 1. The van der Waals surface area contributed by atoms with Gasteiger partial charge in [-0.15, -0.1) is 0 Å². The van der Waals surface area contributed by atoms with Crippen molar-refractivity contribution in [3.63, 3.8) is 0 Å². The number of carbonyl (C=O) groups excluding carboxylic acids is 1. The molecule has 7 nitrogen and oxygen atoms in total. The molecule has 2 fully saturated rings. The van der Waals surface area contributed by atoms with E-state index in [0.717, 1.165) is 17.7 Å². The van der Waals surface area contributed by atoms with Gasteiger partial charge in [-0.3, -0.25) is 9.78 Å². The van der Waals surface area contributed by atoms with Crippen molar-refractivity contribution in [1.82, 2.24) is 4.98 Å². The molecule has 212 valence electrons. The standard InChI is InChI=1S/C29H29ClF2N2O5S/c1-15-7-8-33-25(9-15)27(35)29(37)18-10-16(2)21(29)14-20(12-18)40(38,39)26-11-17(3-5-22(26)30)28(36)34-19-4-6-23(31)24(32)13-19/h3-9,11,13,16,18,20-21,27,35,37H,10,12,14H2,1-2H3,(H,34,36)/t16-,18?,20?,21?,27-,29+/m0/s1. The number of pyridine rings is 1. The zero-order valence-electron chi connectivity index (χ0n) is 21.8. The van der Waals surface area contributed by atoms with Crippen LogP contribution in [0, 0.1) is 36.3 Å². The molecule has 0 saturated heterocycles. The van der Waals surface area contributed by atoms with E-state index in [1.807, 2.05) is 13.8 Å². The van der Waals surface area contributed by atoms with Crippen molar-refractivity contribution in [2.24, 2.45) is 17.8 Å². The Hall–Kier alpha value is -2.92. The molecule has 40 heavy (non-hydrogen) atoms. The normalized spacial score (nSPS) is 26.9. The number of benzene rings is 2. The molecular weight excluding hydrogens is 562 g/mol. The van der Waals surface area contributed by atoms with Gasteiger partial charge < -0.3 is 15.5 Å². The molecule has 1 amide bonds. The summed E-state index contributed by atoms with van der Waals surface area (Å²) in [6.45, 7) is 3.80. The number of hydrogen-bond acceptors (Lipinski definition) is 6. The number of carbonyl (C=O) groups is 1. The summed E-state index contributed by atoms with van der Waals surface area (Å²) in [7, 11) is -4.06. The molecular formula is C29H29ClF2N2O5S. The Morgan fingerprint density at radius 2 is 1.85 bits per heavy atom. The molecule has 0 radical (unpaired) electrons. The molecule has 3 unspecified atom stereocenters. The largest absolute Gasteiger partial charge is 0.386 e. The van der Waals surface area contributed by atoms with E-state index in [1.165, 1.54) is 24.3 Å². The molecule has 2 aliphatic rings. The van der Waals surface area contributed by atoms with E-state index in [2.05, 4.69) is 10.3 Å².